The van der Waals surface area contributed by atoms with Crippen LogP contribution >= 0.6 is 23.2 Å². The maximum absolute atomic E-state index is 12.3. The molecular weight excluding hydrogens is 451 g/mol. The number of aryl methyl sites for hydroxylation is 2. The fourth-order valence-electron chi connectivity index (χ4n) is 4.60. The van der Waals surface area contributed by atoms with Crippen LogP contribution in [0.4, 0.5) is 0 Å². The largest absolute Gasteiger partial charge is 0.366 e. The van der Waals surface area contributed by atoms with Crippen LogP contribution in [-0.2, 0) is 6.54 Å². The van der Waals surface area contributed by atoms with Crippen molar-refractivity contribution in [3.05, 3.63) is 105 Å². The number of benzene rings is 4. The maximum Gasteiger partial charge on any atom is 0.249 e. The molecule has 0 saturated heterocycles. The topological polar surface area (TPSA) is 48.0 Å². The number of rotatable bonds is 4. The Balaban J connectivity index is 1.81. The molecule has 0 spiro atoms. The van der Waals surface area contributed by atoms with E-state index in [9.17, 15) is 4.79 Å². The van der Waals surface area contributed by atoms with Gasteiger partial charge in [-0.3, -0.25) is 4.79 Å². The Kier molecular flexibility index (Phi) is 5.40. The minimum absolute atomic E-state index is 0.434. The molecule has 0 aliphatic heterocycles. The smallest absolute Gasteiger partial charge is 0.249 e. The number of carbonyl (C=O) groups is 1. The first-order valence-corrected chi connectivity index (χ1v) is 11.5. The number of aromatic nitrogens is 1. The van der Waals surface area contributed by atoms with Crippen molar-refractivity contribution < 1.29 is 4.79 Å². The molecule has 2 N–H and O–H groups in total. The van der Waals surface area contributed by atoms with Gasteiger partial charge in [-0.05, 0) is 60.9 Å². The summed E-state index contributed by atoms with van der Waals surface area (Å²) in [6.07, 6.45) is 0. The monoisotopic (exact) mass is 472 g/mol. The SMILES string of the molecule is Cc1ccc(Cn2c3cc(-c4ccc(Cl)cc4Cl)ccc3c3c(C(N)=O)cccc32)c(C)c1. The molecule has 0 aliphatic carbocycles. The normalized spacial score (nSPS) is 11.4. The predicted octanol–water partition coefficient (Wildman–Crippen LogP) is 7.53. The van der Waals surface area contributed by atoms with Crippen LogP contribution in [0.25, 0.3) is 32.9 Å². The van der Waals surface area contributed by atoms with Gasteiger partial charge in [0, 0.05) is 38.5 Å². The van der Waals surface area contributed by atoms with Gasteiger partial charge in [0.25, 0.3) is 0 Å². The molecule has 3 nitrogen and oxygen atoms in total. The van der Waals surface area contributed by atoms with Gasteiger partial charge in [0.05, 0.1) is 11.0 Å². The average Bonchev–Trinajstić information content (AvgIpc) is 3.08. The summed E-state index contributed by atoms with van der Waals surface area (Å²) in [6, 6.07) is 23.9. The van der Waals surface area contributed by atoms with Crippen LogP contribution < -0.4 is 5.73 Å². The van der Waals surface area contributed by atoms with E-state index in [0.29, 0.717) is 22.2 Å². The second kappa shape index (κ2) is 8.26. The van der Waals surface area contributed by atoms with E-state index in [2.05, 4.69) is 42.7 Å². The molecule has 5 rings (SSSR count). The zero-order valence-corrected chi connectivity index (χ0v) is 19.8. The zero-order chi connectivity index (χ0) is 23.3. The summed E-state index contributed by atoms with van der Waals surface area (Å²) in [5.41, 5.74) is 13.8. The van der Waals surface area contributed by atoms with E-state index in [4.69, 9.17) is 28.9 Å². The first kappa shape index (κ1) is 21.6. The van der Waals surface area contributed by atoms with E-state index in [0.717, 1.165) is 32.9 Å². The highest BCUT2D eigenvalue weighted by atomic mass is 35.5. The van der Waals surface area contributed by atoms with Crippen LogP contribution in [0, 0.1) is 13.8 Å². The number of fused-ring (bicyclic) bond motifs is 3. The van der Waals surface area contributed by atoms with Gasteiger partial charge in [-0.25, -0.2) is 0 Å². The Labute approximate surface area is 202 Å². The Morgan fingerprint density at radius 1 is 0.909 bits per heavy atom. The molecule has 0 unspecified atom stereocenters. The molecule has 5 heteroatoms. The zero-order valence-electron chi connectivity index (χ0n) is 18.3. The third-order valence-electron chi connectivity index (χ3n) is 6.23. The van der Waals surface area contributed by atoms with Crippen LogP contribution in [0.2, 0.25) is 10.0 Å². The molecular formula is C28H22Cl2N2O. The fraction of sp³-hybridized carbons (Fsp3) is 0.107. The molecule has 0 radical (unpaired) electrons. The minimum Gasteiger partial charge on any atom is -0.366 e. The number of nitrogens with two attached hydrogens (primary N) is 1. The Bertz CT molecular complexity index is 1570. The molecule has 1 heterocycles. The van der Waals surface area contributed by atoms with Gasteiger partial charge in [0.2, 0.25) is 5.91 Å². The molecule has 1 amide bonds. The quantitative estimate of drug-likeness (QED) is 0.288. The number of hydrogen-bond acceptors (Lipinski definition) is 1. The molecule has 164 valence electrons. The van der Waals surface area contributed by atoms with Crippen LogP contribution in [-0.4, -0.2) is 10.5 Å². The van der Waals surface area contributed by atoms with Crippen molar-refractivity contribution in [3.63, 3.8) is 0 Å². The summed E-state index contributed by atoms with van der Waals surface area (Å²) in [4.78, 5) is 12.3. The van der Waals surface area contributed by atoms with Crippen molar-refractivity contribution in [1.29, 1.82) is 0 Å². The number of amides is 1. The summed E-state index contributed by atoms with van der Waals surface area (Å²) in [5, 5.41) is 3.05. The van der Waals surface area contributed by atoms with Gasteiger partial charge in [0.15, 0.2) is 0 Å². The molecule has 4 aromatic carbocycles. The number of carbonyl (C=O) groups excluding carboxylic acids is 1. The van der Waals surface area contributed by atoms with Crippen molar-refractivity contribution in [2.24, 2.45) is 5.73 Å². The van der Waals surface area contributed by atoms with E-state index in [1.54, 1.807) is 12.1 Å². The van der Waals surface area contributed by atoms with Gasteiger partial charge >= 0.3 is 0 Å². The van der Waals surface area contributed by atoms with Gasteiger partial charge in [-0.2, -0.15) is 0 Å². The lowest BCUT2D eigenvalue weighted by Gasteiger charge is -2.12. The van der Waals surface area contributed by atoms with Crippen LogP contribution in [0.5, 0.6) is 0 Å². The third-order valence-corrected chi connectivity index (χ3v) is 6.77. The highest BCUT2D eigenvalue weighted by Crippen LogP contribution is 2.37. The summed E-state index contributed by atoms with van der Waals surface area (Å²) < 4.78 is 2.25. The van der Waals surface area contributed by atoms with Crippen LogP contribution in [0.1, 0.15) is 27.0 Å². The van der Waals surface area contributed by atoms with Crippen LogP contribution in [0.15, 0.2) is 72.8 Å². The van der Waals surface area contributed by atoms with Gasteiger partial charge in [0.1, 0.15) is 0 Å². The second-order valence-electron chi connectivity index (χ2n) is 8.44. The lowest BCUT2D eigenvalue weighted by molar-refractivity contribution is 0.100. The van der Waals surface area contributed by atoms with Gasteiger partial charge in [-0.15, -0.1) is 0 Å². The second-order valence-corrected chi connectivity index (χ2v) is 9.28. The van der Waals surface area contributed by atoms with Crippen molar-refractivity contribution in [2.45, 2.75) is 20.4 Å². The number of nitrogens with zero attached hydrogens (tertiary/aromatic N) is 1. The maximum atomic E-state index is 12.3. The van der Waals surface area contributed by atoms with Crippen molar-refractivity contribution in [2.75, 3.05) is 0 Å². The summed E-state index contributed by atoms with van der Waals surface area (Å²) in [5.74, 6) is -0.434. The van der Waals surface area contributed by atoms with Crippen LogP contribution in [0.3, 0.4) is 0 Å². The first-order valence-electron chi connectivity index (χ1n) is 10.7. The summed E-state index contributed by atoms with van der Waals surface area (Å²) >= 11 is 12.6. The number of halogens is 2. The lowest BCUT2D eigenvalue weighted by atomic mass is 10.0. The molecule has 0 saturated carbocycles. The molecule has 0 bridgehead atoms. The van der Waals surface area contributed by atoms with E-state index in [1.807, 2.05) is 36.4 Å². The van der Waals surface area contributed by atoms with E-state index >= 15 is 0 Å². The molecule has 0 aliphatic rings. The Hall–Kier alpha value is -3.27. The number of hydrogen-bond donors (Lipinski definition) is 1. The highest BCUT2D eigenvalue weighted by Gasteiger charge is 2.18. The van der Waals surface area contributed by atoms with E-state index in [-0.39, 0.29) is 0 Å². The molecule has 5 aromatic rings. The number of primary amides is 1. The van der Waals surface area contributed by atoms with Gasteiger partial charge in [-0.1, -0.05) is 71.2 Å². The first-order chi connectivity index (χ1) is 15.8. The fourth-order valence-corrected chi connectivity index (χ4v) is 5.12. The van der Waals surface area contributed by atoms with E-state index in [1.165, 1.54) is 16.7 Å². The average molecular weight is 473 g/mol. The highest BCUT2D eigenvalue weighted by molar-refractivity contribution is 6.36. The summed E-state index contributed by atoms with van der Waals surface area (Å²) in [7, 11) is 0. The standard InChI is InChI=1S/C28H22Cl2N2O/c1-16-6-7-19(17(2)12-16)15-32-25-5-3-4-23(28(31)33)27(25)22-10-8-18(13-26(22)32)21-11-9-20(29)14-24(21)30/h3-14H,15H2,1-2H3,(H2,31,33). The third kappa shape index (κ3) is 3.78. The molecule has 1 aromatic heterocycles. The minimum atomic E-state index is -0.434. The lowest BCUT2D eigenvalue weighted by Crippen LogP contribution is -2.11. The van der Waals surface area contributed by atoms with Crippen molar-refractivity contribution in [3.8, 4) is 11.1 Å². The van der Waals surface area contributed by atoms with Crippen molar-refractivity contribution >= 4 is 50.9 Å². The van der Waals surface area contributed by atoms with Crippen molar-refractivity contribution in [1.82, 2.24) is 4.57 Å². The molecule has 0 fully saturated rings. The van der Waals surface area contributed by atoms with E-state index < -0.39 is 5.91 Å². The Morgan fingerprint density at radius 3 is 2.45 bits per heavy atom. The molecule has 0 atom stereocenters. The van der Waals surface area contributed by atoms with Gasteiger partial charge < -0.3 is 10.3 Å². The molecule has 33 heavy (non-hydrogen) atoms. The Morgan fingerprint density at radius 2 is 1.73 bits per heavy atom. The summed E-state index contributed by atoms with van der Waals surface area (Å²) in [6.45, 7) is 4.90. The predicted molar refractivity (Wildman–Crippen MR) is 138 cm³/mol.